The fourth-order valence-electron chi connectivity index (χ4n) is 2.06. The van der Waals surface area contributed by atoms with E-state index in [0.717, 1.165) is 24.0 Å². The number of anilines is 1. The predicted octanol–water partition coefficient (Wildman–Crippen LogP) is 3.20. The second-order valence-corrected chi connectivity index (χ2v) is 4.94. The molecule has 0 atom stereocenters. The third-order valence-electron chi connectivity index (χ3n) is 3.55. The fourth-order valence-corrected chi connectivity index (χ4v) is 2.21. The minimum Gasteiger partial charge on any atom is -0.369 e. The summed E-state index contributed by atoms with van der Waals surface area (Å²) in [6.45, 7) is 6.45. The molecule has 2 aromatic heterocycles. The van der Waals surface area contributed by atoms with Gasteiger partial charge in [0.1, 0.15) is 5.52 Å². The Balaban J connectivity index is 2.73. The van der Waals surface area contributed by atoms with Crippen LogP contribution in [0.1, 0.15) is 33.6 Å². The summed E-state index contributed by atoms with van der Waals surface area (Å²) in [5.74, 6) is 0.501. The van der Waals surface area contributed by atoms with Gasteiger partial charge in [0.15, 0.2) is 5.65 Å². The first-order chi connectivity index (χ1) is 8.01. The molecule has 0 bridgehead atoms. The van der Waals surface area contributed by atoms with Crippen molar-refractivity contribution in [2.75, 3.05) is 5.73 Å². The highest BCUT2D eigenvalue weighted by molar-refractivity contribution is 6.31. The van der Waals surface area contributed by atoms with Crippen molar-refractivity contribution >= 4 is 28.7 Å². The number of rotatable bonds is 3. The van der Waals surface area contributed by atoms with E-state index in [-0.39, 0.29) is 5.54 Å². The summed E-state index contributed by atoms with van der Waals surface area (Å²) in [7, 11) is 0. The van der Waals surface area contributed by atoms with Gasteiger partial charge in [0.05, 0.1) is 5.02 Å². The molecule has 4 nitrogen and oxygen atoms in total. The number of nitrogens with zero attached hydrogens (tertiary/aromatic N) is 3. The van der Waals surface area contributed by atoms with Crippen LogP contribution in [0.15, 0.2) is 12.3 Å². The molecule has 2 rings (SSSR count). The Morgan fingerprint density at radius 2 is 2.06 bits per heavy atom. The Kier molecular flexibility index (Phi) is 3.00. The van der Waals surface area contributed by atoms with E-state index in [9.17, 15) is 0 Å². The maximum Gasteiger partial charge on any atom is 0.202 e. The molecule has 0 unspecified atom stereocenters. The van der Waals surface area contributed by atoms with Gasteiger partial charge in [-0.3, -0.25) is 4.57 Å². The average Bonchev–Trinajstić information content (AvgIpc) is 2.64. The molecule has 92 valence electrons. The predicted molar refractivity (Wildman–Crippen MR) is 71.2 cm³/mol. The molecule has 0 radical (unpaired) electrons. The quantitative estimate of drug-likeness (QED) is 0.913. The van der Waals surface area contributed by atoms with E-state index < -0.39 is 0 Å². The van der Waals surface area contributed by atoms with E-state index >= 15 is 0 Å². The number of pyridine rings is 1. The van der Waals surface area contributed by atoms with E-state index in [1.807, 2.05) is 4.57 Å². The van der Waals surface area contributed by atoms with Gasteiger partial charge in [-0.15, -0.1) is 0 Å². The van der Waals surface area contributed by atoms with E-state index in [1.54, 1.807) is 12.3 Å². The molecule has 2 aromatic rings. The third kappa shape index (κ3) is 1.86. The van der Waals surface area contributed by atoms with Gasteiger partial charge in [0.25, 0.3) is 0 Å². The SMILES string of the molecule is CCC(C)(CC)n1c(N)nc2cc(Cl)cnc21. The van der Waals surface area contributed by atoms with E-state index in [0.29, 0.717) is 11.0 Å². The maximum atomic E-state index is 6.01. The van der Waals surface area contributed by atoms with Gasteiger partial charge in [0, 0.05) is 11.7 Å². The second-order valence-electron chi connectivity index (χ2n) is 4.51. The highest BCUT2D eigenvalue weighted by Crippen LogP contribution is 2.31. The van der Waals surface area contributed by atoms with Crippen LogP contribution in [0.25, 0.3) is 11.2 Å². The molecule has 0 aromatic carbocycles. The number of fused-ring (bicyclic) bond motifs is 1. The topological polar surface area (TPSA) is 56.7 Å². The van der Waals surface area contributed by atoms with Crippen molar-refractivity contribution in [3.05, 3.63) is 17.3 Å². The molecule has 17 heavy (non-hydrogen) atoms. The number of hydrogen-bond acceptors (Lipinski definition) is 3. The Bertz CT molecular complexity index is 543. The zero-order valence-electron chi connectivity index (χ0n) is 10.4. The number of nitrogen functional groups attached to an aromatic ring is 1. The summed E-state index contributed by atoms with van der Waals surface area (Å²) in [4.78, 5) is 8.68. The van der Waals surface area contributed by atoms with Gasteiger partial charge in [-0.05, 0) is 25.8 Å². The molecule has 0 aliphatic rings. The summed E-state index contributed by atoms with van der Waals surface area (Å²) in [5.41, 5.74) is 7.51. The van der Waals surface area contributed by atoms with Gasteiger partial charge >= 0.3 is 0 Å². The summed E-state index contributed by atoms with van der Waals surface area (Å²) in [5, 5.41) is 0.580. The fraction of sp³-hybridized carbons (Fsp3) is 0.500. The minimum absolute atomic E-state index is 0.0559. The standard InChI is InChI=1S/C12H17ClN4/c1-4-12(3,5-2)17-10-9(16-11(17)14)6-8(13)7-15-10/h6-7H,4-5H2,1-3H3,(H2,14,16). The van der Waals surface area contributed by atoms with Crippen LogP contribution in [0.5, 0.6) is 0 Å². The molecule has 0 spiro atoms. The maximum absolute atomic E-state index is 6.01. The minimum atomic E-state index is -0.0559. The van der Waals surface area contributed by atoms with Crippen molar-refractivity contribution in [2.45, 2.75) is 39.2 Å². The Morgan fingerprint density at radius 1 is 1.41 bits per heavy atom. The van der Waals surface area contributed by atoms with Gasteiger partial charge in [-0.25, -0.2) is 9.97 Å². The molecule has 0 amide bonds. The molecular formula is C12H17ClN4. The summed E-state index contributed by atoms with van der Waals surface area (Å²) >= 11 is 5.91. The summed E-state index contributed by atoms with van der Waals surface area (Å²) < 4.78 is 2.01. The van der Waals surface area contributed by atoms with Crippen LogP contribution in [0.2, 0.25) is 5.02 Å². The van der Waals surface area contributed by atoms with Crippen LogP contribution in [0, 0.1) is 0 Å². The third-order valence-corrected chi connectivity index (χ3v) is 3.76. The molecule has 0 saturated heterocycles. The first-order valence-corrected chi connectivity index (χ1v) is 6.19. The van der Waals surface area contributed by atoms with E-state index in [1.165, 1.54) is 0 Å². The Hall–Kier alpha value is -1.29. The molecule has 2 heterocycles. The van der Waals surface area contributed by atoms with Crippen LogP contribution < -0.4 is 5.73 Å². The highest BCUT2D eigenvalue weighted by Gasteiger charge is 2.27. The van der Waals surface area contributed by atoms with Crippen molar-refractivity contribution in [3.8, 4) is 0 Å². The lowest BCUT2D eigenvalue weighted by molar-refractivity contribution is 0.305. The summed E-state index contributed by atoms with van der Waals surface area (Å²) in [6.07, 6.45) is 3.58. The van der Waals surface area contributed by atoms with Gasteiger partial charge in [-0.1, -0.05) is 25.4 Å². The van der Waals surface area contributed by atoms with E-state index in [4.69, 9.17) is 17.3 Å². The number of hydrogen-bond donors (Lipinski definition) is 1. The van der Waals surface area contributed by atoms with Gasteiger partial charge in [-0.2, -0.15) is 0 Å². The van der Waals surface area contributed by atoms with Crippen molar-refractivity contribution < 1.29 is 0 Å². The molecule has 0 aliphatic heterocycles. The zero-order valence-corrected chi connectivity index (χ0v) is 11.1. The Morgan fingerprint density at radius 3 is 2.65 bits per heavy atom. The number of nitrogens with two attached hydrogens (primary N) is 1. The lowest BCUT2D eigenvalue weighted by atomic mass is 9.95. The summed E-state index contributed by atoms with van der Waals surface area (Å²) in [6, 6.07) is 1.79. The normalized spacial score (nSPS) is 12.2. The van der Waals surface area contributed by atoms with Crippen LogP contribution in [0.3, 0.4) is 0 Å². The molecule has 2 N–H and O–H groups in total. The van der Waals surface area contributed by atoms with E-state index in [2.05, 4.69) is 30.7 Å². The van der Waals surface area contributed by atoms with Crippen molar-refractivity contribution in [1.29, 1.82) is 0 Å². The Labute approximate surface area is 106 Å². The first kappa shape index (κ1) is 12.2. The number of halogens is 1. The second kappa shape index (κ2) is 4.18. The molecule has 0 fully saturated rings. The largest absolute Gasteiger partial charge is 0.369 e. The molecule has 5 heteroatoms. The smallest absolute Gasteiger partial charge is 0.202 e. The van der Waals surface area contributed by atoms with Crippen LogP contribution in [-0.4, -0.2) is 14.5 Å². The molecule has 0 saturated carbocycles. The van der Waals surface area contributed by atoms with Crippen molar-refractivity contribution in [2.24, 2.45) is 0 Å². The van der Waals surface area contributed by atoms with Crippen LogP contribution >= 0.6 is 11.6 Å². The lowest BCUT2D eigenvalue weighted by Gasteiger charge is -2.29. The van der Waals surface area contributed by atoms with Crippen molar-refractivity contribution in [1.82, 2.24) is 14.5 Å². The number of aromatic nitrogens is 3. The van der Waals surface area contributed by atoms with Crippen LogP contribution in [0.4, 0.5) is 5.95 Å². The zero-order chi connectivity index (χ0) is 12.6. The highest BCUT2D eigenvalue weighted by atomic mass is 35.5. The molecule has 0 aliphatic carbocycles. The van der Waals surface area contributed by atoms with Crippen molar-refractivity contribution in [3.63, 3.8) is 0 Å². The van der Waals surface area contributed by atoms with Gasteiger partial charge < -0.3 is 5.73 Å². The first-order valence-electron chi connectivity index (χ1n) is 5.81. The monoisotopic (exact) mass is 252 g/mol. The molecular weight excluding hydrogens is 236 g/mol. The lowest BCUT2D eigenvalue weighted by Crippen LogP contribution is -2.29. The number of imidazole rings is 1. The van der Waals surface area contributed by atoms with Crippen LogP contribution in [-0.2, 0) is 5.54 Å². The van der Waals surface area contributed by atoms with Gasteiger partial charge in [0.2, 0.25) is 5.95 Å². The average molecular weight is 253 g/mol.